The highest BCUT2D eigenvalue weighted by molar-refractivity contribution is 8.13. The largest absolute Gasteiger partial charge is 0.486 e. The molecule has 0 spiro atoms. The molecular formula is C14H18Cl2O4S. The van der Waals surface area contributed by atoms with Crippen LogP contribution in [0.3, 0.4) is 0 Å². The zero-order chi connectivity index (χ0) is 16.1. The summed E-state index contributed by atoms with van der Waals surface area (Å²) in [7, 11) is 1.51. The molecule has 1 aromatic rings. The van der Waals surface area contributed by atoms with Gasteiger partial charge in [0, 0.05) is 22.1 Å². The molecule has 0 aromatic heterocycles. The van der Waals surface area contributed by atoms with E-state index in [1.807, 2.05) is 27.7 Å². The van der Waals surface area contributed by atoms with Crippen LogP contribution in [0.25, 0.3) is 0 Å². The number of rotatable bonds is 3. The fourth-order valence-corrected chi connectivity index (χ4v) is 3.84. The van der Waals surface area contributed by atoms with E-state index in [-0.39, 0.29) is 27.4 Å². The Labute approximate surface area is 134 Å². The van der Waals surface area contributed by atoms with Crippen molar-refractivity contribution in [2.75, 3.05) is 0 Å². The maximum Gasteiger partial charge on any atom is 0.265 e. The second kappa shape index (κ2) is 5.30. The highest BCUT2D eigenvalue weighted by Gasteiger charge is 2.47. The summed E-state index contributed by atoms with van der Waals surface area (Å²) >= 11 is 5.84. The second-order valence-corrected chi connectivity index (χ2v) is 9.28. The van der Waals surface area contributed by atoms with Crippen LogP contribution in [-0.4, -0.2) is 25.7 Å². The normalized spacial score (nSPS) is 24.0. The van der Waals surface area contributed by atoms with Crippen molar-refractivity contribution < 1.29 is 17.9 Å². The van der Waals surface area contributed by atoms with Crippen molar-refractivity contribution in [1.82, 2.24) is 0 Å². The minimum atomic E-state index is -3.94. The maximum atomic E-state index is 11.7. The summed E-state index contributed by atoms with van der Waals surface area (Å²) < 4.78 is 35.2. The lowest BCUT2D eigenvalue weighted by atomic mass is 9.97. The third kappa shape index (κ3) is 3.83. The molecule has 4 nitrogen and oxygen atoms in total. The third-order valence-electron chi connectivity index (χ3n) is 3.43. The predicted octanol–water partition coefficient (Wildman–Crippen LogP) is 3.99. The summed E-state index contributed by atoms with van der Waals surface area (Å²) in [5, 5.41) is 0.281. The summed E-state index contributed by atoms with van der Waals surface area (Å²) in [6.07, 6.45) is 0.357. The SMILES string of the molecule is CC1(C)CC(Oc2ccc(Cl)cc2S(=O)(=O)Cl)C(C)(C)O1. The van der Waals surface area contributed by atoms with Crippen LogP contribution in [0.5, 0.6) is 5.75 Å². The first kappa shape index (κ1) is 16.9. The third-order valence-corrected chi connectivity index (χ3v) is 5.01. The average molecular weight is 353 g/mol. The molecule has 1 heterocycles. The van der Waals surface area contributed by atoms with Gasteiger partial charge in [-0.2, -0.15) is 0 Å². The molecule has 118 valence electrons. The second-order valence-electron chi connectivity index (χ2n) is 6.30. The molecule has 0 N–H and O–H groups in total. The van der Waals surface area contributed by atoms with Gasteiger partial charge in [0.15, 0.2) is 0 Å². The van der Waals surface area contributed by atoms with Gasteiger partial charge >= 0.3 is 0 Å². The molecule has 1 saturated heterocycles. The number of ether oxygens (including phenoxy) is 2. The molecule has 2 rings (SSSR count). The minimum absolute atomic E-state index is 0.128. The fourth-order valence-electron chi connectivity index (χ4n) is 2.62. The van der Waals surface area contributed by atoms with Gasteiger partial charge in [0.1, 0.15) is 22.4 Å². The lowest BCUT2D eigenvalue weighted by Gasteiger charge is -2.27. The Balaban J connectivity index is 2.37. The summed E-state index contributed by atoms with van der Waals surface area (Å²) in [4.78, 5) is -0.128. The number of halogens is 2. The molecule has 0 radical (unpaired) electrons. The molecule has 1 aliphatic rings. The standard InChI is InChI=1S/C14H18Cl2O4S/c1-13(2)8-12(14(3,4)20-13)19-10-6-5-9(15)7-11(10)21(16,17)18/h5-7,12H,8H2,1-4H3. The van der Waals surface area contributed by atoms with Crippen LogP contribution >= 0.6 is 22.3 Å². The molecule has 1 unspecified atom stereocenters. The van der Waals surface area contributed by atoms with Crippen LogP contribution in [0.15, 0.2) is 23.1 Å². The molecule has 0 saturated carbocycles. The zero-order valence-corrected chi connectivity index (χ0v) is 14.6. The van der Waals surface area contributed by atoms with E-state index in [2.05, 4.69) is 0 Å². The Kier molecular flexibility index (Phi) is 4.26. The van der Waals surface area contributed by atoms with E-state index >= 15 is 0 Å². The monoisotopic (exact) mass is 352 g/mol. The van der Waals surface area contributed by atoms with Crippen molar-refractivity contribution in [3.63, 3.8) is 0 Å². The Hall–Kier alpha value is -0.490. The van der Waals surface area contributed by atoms with E-state index in [4.69, 9.17) is 31.8 Å². The molecule has 1 fully saturated rings. The summed E-state index contributed by atoms with van der Waals surface area (Å²) in [6, 6.07) is 4.36. The molecule has 21 heavy (non-hydrogen) atoms. The predicted molar refractivity (Wildman–Crippen MR) is 82.8 cm³/mol. The maximum absolute atomic E-state index is 11.7. The lowest BCUT2D eigenvalue weighted by molar-refractivity contribution is -0.0848. The van der Waals surface area contributed by atoms with Gasteiger partial charge < -0.3 is 9.47 Å². The van der Waals surface area contributed by atoms with Gasteiger partial charge in [0.2, 0.25) is 0 Å². The van der Waals surface area contributed by atoms with Crippen LogP contribution in [0.4, 0.5) is 0 Å². The van der Waals surface area contributed by atoms with E-state index in [0.717, 1.165) is 0 Å². The van der Waals surface area contributed by atoms with E-state index in [9.17, 15) is 8.42 Å². The first-order valence-electron chi connectivity index (χ1n) is 6.52. The van der Waals surface area contributed by atoms with Gasteiger partial charge in [0.05, 0.1) is 5.60 Å². The molecule has 7 heteroatoms. The van der Waals surface area contributed by atoms with Crippen LogP contribution in [0, 0.1) is 0 Å². The van der Waals surface area contributed by atoms with E-state index in [1.54, 1.807) is 6.07 Å². The summed E-state index contributed by atoms with van der Waals surface area (Å²) in [5.41, 5.74) is -0.864. The number of benzene rings is 1. The van der Waals surface area contributed by atoms with E-state index < -0.39 is 14.7 Å². The number of hydrogen-bond donors (Lipinski definition) is 0. The first-order chi connectivity index (χ1) is 9.41. The van der Waals surface area contributed by atoms with Crippen LogP contribution < -0.4 is 4.74 Å². The molecular weight excluding hydrogens is 335 g/mol. The van der Waals surface area contributed by atoms with Gasteiger partial charge in [-0.25, -0.2) is 8.42 Å². The van der Waals surface area contributed by atoms with Gasteiger partial charge in [-0.05, 0) is 45.9 Å². The van der Waals surface area contributed by atoms with Crippen molar-refractivity contribution in [1.29, 1.82) is 0 Å². The first-order valence-corrected chi connectivity index (χ1v) is 9.20. The van der Waals surface area contributed by atoms with Crippen LogP contribution in [0.1, 0.15) is 34.1 Å². The summed E-state index contributed by atoms with van der Waals surface area (Å²) in [5.74, 6) is 0.189. The van der Waals surface area contributed by atoms with E-state index in [0.29, 0.717) is 6.42 Å². The highest BCUT2D eigenvalue weighted by Crippen LogP contribution is 2.41. The molecule has 0 bridgehead atoms. The molecule has 1 atom stereocenters. The highest BCUT2D eigenvalue weighted by atomic mass is 35.7. The van der Waals surface area contributed by atoms with Crippen molar-refractivity contribution in [2.45, 2.75) is 56.3 Å². The Morgan fingerprint density at radius 3 is 2.38 bits per heavy atom. The quantitative estimate of drug-likeness (QED) is 0.771. The van der Waals surface area contributed by atoms with Crippen LogP contribution in [-0.2, 0) is 13.8 Å². The molecule has 1 aliphatic heterocycles. The van der Waals surface area contributed by atoms with Gasteiger partial charge in [-0.3, -0.25) is 0 Å². The Bertz CT molecular complexity index is 653. The average Bonchev–Trinajstić information content (AvgIpc) is 2.47. The summed E-state index contributed by atoms with van der Waals surface area (Å²) in [6.45, 7) is 7.77. The topological polar surface area (TPSA) is 52.6 Å². The fraction of sp³-hybridized carbons (Fsp3) is 0.571. The smallest absolute Gasteiger partial charge is 0.265 e. The van der Waals surface area contributed by atoms with E-state index in [1.165, 1.54) is 12.1 Å². The molecule has 0 aliphatic carbocycles. The zero-order valence-electron chi connectivity index (χ0n) is 12.3. The lowest BCUT2D eigenvalue weighted by Crippen LogP contribution is -2.37. The van der Waals surface area contributed by atoms with Gasteiger partial charge in [-0.1, -0.05) is 11.6 Å². The number of hydrogen-bond acceptors (Lipinski definition) is 4. The molecule has 0 amide bonds. The van der Waals surface area contributed by atoms with Gasteiger partial charge in [0.25, 0.3) is 9.05 Å². The van der Waals surface area contributed by atoms with Crippen LogP contribution in [0.2, 0.25) is 5.02 Å². The Morgan fingerprint density at radius 2 is 1.90 bits per heavy atom. The Morgan fingerprint density at radius 1 is 1.29 bits per heavy atom. The van der Waals surface area contributed by atoms with Crippen molar-refractivity contribution >= 4 is 31.3 Å². The minimum Gasteiger partial charge on any atom is -0.486 e. The van der Waals surface area contributed by atoms with Crippen molar-refractivity contribution in [3.05, 3.63) is 23.2 Å². The van der Waals surface area contributed by atoms with Crippen molar-refractivity contribution in [2.24, 2.45) is 0 Å². The van der Waals surface area contributed by atoms with Gasteiger partial charge in [-0.15, -0.1) is 0 Å². The van der Waals surface area contributed by atoms with Crippen molar-refractivity contribution in [3.8, 4) is 5.75 Å². The molecule has 1 aromatic carbocycles.